The van der Waals surface area contributed by atoms with Crippen LogP contribution in [0, 0.1) is 23.7 Å². The van der Waals surface area contributed by atoms with Crippen molar-refractivity contribution in [3.63, 3.8) is 0 Å². The quantitative estimate of drug-likeness (QED) is 0.540. The standard InChI is InChI=1S/C11H18/c1-3-8(2)11(9-4-5-9)10-6-7-10/h3,8-11H,1,4-7H2,2H3. The summed E-state index contributed by atoms with van der Waals surface area (Å²) >= 11 is 0. The molecule has 2 aliphatic carbocycles. The van der Waals surface area contributed by atoms with Crippen LogP contribution in [0.3, 0.4) is 0 Å². The largest absolute Gasteiger partial charge is 0.103 e. The maximum atomic E-state index is 3.90. The van der Waals surface area contributed by atoms with E-state index >= 15 is 0 Å². The molecular formula is C11H18. The monoisotopic (exact) mass is 150 g/mol. The van der Waals surface area contributed by atoms with Gasteiger partial charge in [-0.3, -0.25) is 0 Å². The van der Waals surface area contributed by atoms with Crippen molar-refractivity contribution >= 4 is 0 Å². The van der Waals surface area contributed by atoms with E-state index in [2.05, 4.69) is 19.6 Å². The summed E-state index contributed by atoms with van der Waals surface area (Å²) in [6.45, 7) is 6.24. The Morgan fingerprint density at radius 1 is 1.18 bits per heavy atom. The molecule has 0 spiro atoms. The summed E-state index contributed by atoms with van der Waals surface area (Å²) in [4.78, 5) is 0. The first-order valence-corrected chi connectivity index (χ1v) is 4.95. The Kier molecular flexibility index (Phi) is 1.78. The molecule has 2 saturated carbocycles. The molecule has 0 aliphatic heterocycles. The zero-order chi connectivity index (χ0) is 7.84. The molecular weight excluding hydrogens is 132 g/mol. The second kappa shape index (κ2) is 2.66. The Bertz CT molecular complexity index is 139. The Balaban J connectivity index is 1.95. The minimum Gasteiger partial charge on any atom is -0.103 e. The van der Waals surface area contributed by atoms with Crippen molar-refractivity contribution < 1.29 is 0 Å². The zero-order valence-corrected chi connectivity index (χ0v) is 7.42. The van der Waals surface area contributed by atoms with Crippen LogP contribution >= 0.6 is 0 Å². The van der Waals surface area contributed by atoms with E-state index in [0.717, 1.165) is 23.7 Å². The SMILES string of the molecule is C=CC(C)C(C1CC1)C1CC1. The predicted molar refractivity (Wildman–Crippen MR) is 48.3 cm³/mol. The van der Waals surface area contributed by atoms with E-state index in [1.807, 2.05) is 0 Å². The topological polar surface area (TPSA) is 0 Å². The Labute approximate surface area is 69.7 Å². The molecule has 0 heterocycles. The molecule has 0 heteroatoms. The van der Waals surface area contributed by atoms with Crippen LogP contribution < -0.4 is 0 Å². The molecule has 0 bridgehead atoms. The fraction of sp³-hybridized carbons (Fsp3) is 0.818. The van der Waals surface area contributed by atoms with Gasteiger partial charge in [0.05, 0.1) is 0 Å². The zero-order valence-electron chi connectivity index (χ0n) is 7.42. The van der Waals surface area contributed by atoms with Crippen molar-refractivity contribution in [2.24, 2.45) is 23.7 Å². The first kappa shape index (κ1) is 7.39. The number of rotatable bonds is 4. The molecule has 0 aromatic carbocycles. The minimum atomic E-state index is 0.773. The van der Waals surface area contributed by atoms with Gasteiger partial charge in [-0.05, 0) is 49.4 Å². The van der Waals surface area contributed by atoms with E-state index < -0.39 is 0 Å². The van der Waals surface area contributed by atoms with Crippen LogP contribution in [0.25, 0.3) is 0 Å². The third kappa shape index (κ3) is 1.50. The number of hydrogen-bond acceptors (Lipinski definition) is 0. The lowest BCUT2D eigenvalue weighted by atomic mass is 9.85. The van der Waals surface area contributed by atoms with Gasteiger partial charge in [-0.15, -0.1) is 6.58 Å². The van der Waals surface area contributed by atoms with Crippen LogP contribution in [-0.4, -0.2) is 0 Å². The van der Waals surface area contributed by atoms with Gasteiger partial charge in [0, 0.05) is 0 Å². The highest BCUT2D eigenvalue weighted by Gasteiger charge is 2.42. The fourth-order valence-electron chi connectivity index (χ4n) is 2.36. The third-order valence-electron chi connectivity index (χ3n) is 3.31. The molecule has 0 aromatic rings. The van der Waals surface area contributed by atoms with Crippen molar-refractivity contribution in [3.05, 3.63) is 12.7 Å². The normalized spacial score (nSPS) is 27.1. The molecule has 0 radical (unpaired) electrons. The maximum absolute atomic E-state index is 3.90. The summed E-state index contributed by atoms with van der Waals surface area (Å²) in [5.41, 5.74) is 0. The van der Waals surface area contributed by atoms with E-state index in [-0.39, 0.29) is 0 Å². The third-order valence-corrected chi connectivity index (χ3v) is 3.31. The van der Waals surface area contributed by atoms with Gasteiger partial charge in [0.25, 0.3) is 0 Å². The first-order chi connectivity index (χ1) is 5.33. The van der Waals surface area contributed by atoms with E-state index in [1.165, 1.54) is 25.7 Å². The Morgan fingerprint density at radius 3 is 1.91 bits per heavy atom. The van der Waals surface area contributed by atoms with Gasteiger partial charge in [0.15, 0.2) is 0 Å². The highest BCUT2D eigenvalue weighted by atomic mass is 14.5. The van der Waals surface area contributed by atoms with Gasteiger partial charge in [0.1, 0.15) is 0 Å². The molecule has 0 nitrogen and oxygen atoms in total. The van der Waals surface area contributed by atoms with Crippen LogP contribution in [0.1, 0.15) is 32.6 Å². The first-order valence-electron chi connectivity index (χ1n) is 4.95. The van der Waals surface area contributed by atoms with Crippen LogP contribution in [0.15, 0.2) is 12.7 Å². The lowest BCUT2D eigenvalue weighted by Crippen LogP contribution is -2.13. The van der Waals surface area contributed by atoms with E-state index in [9.17, 15) is 0 Å². The lowest BCUT2D eigenvalue weighted by molar-refractivity contribution is 0.325. The number of hydrogen-bond donors (Lipinski definition) is 0. The van der Waals surface area contributed by atoms with Crippen molar-refractivity contribution in [1.82, 2.24) is 0 Å². The van der Waals surface area contributed by atoms with Gasteiger partial charge in [-0.2, -0.15) is 0 Å². The molecule has 62 valence electrons. The average molecular weight is 150 g/mol. The highest BCUT2D eigenvalue weighted by molar-refractivity contribution is 4.97. The van der Waals surface area contributed by atoms with E-state index in [1.54, 1.807) is 0 Å². The van der Waals surface area contributed by atoms with Crippen molar-refractivity contribution in [2.75, 3.05) is 0 Å². The molecule has 2 rings (SSSR count). The molecule has 0 N–H and O–H groups in total. The Hall–Kier alpha value is -0.260. The molecule has 1 atom stereocenters. The molecule has 0 saturated heterocycles. The summed E-state index contributed by atoms with van der Waals surface area (Å²) in [7, 11) is 0. The number of allylic oxidation sites excluding steroid dienone is 1. The van der Waals surface area contributed by atoms with Crippen LogP contribution in [0.5, 0.6) is 0 Å². The molecule has 1 unspecified atom stereocenters. The van der Waals surface area contributed by atoms with Gasteiger partial charge in [-0.1, -0.05) is 13.0 Å². The van der Waals surface area contributed by atoms with Gasteiger partial charge in [-0.25, -0.2) is 0 Å². The summed E-state index contributed by atoms with van der Waals surface area (Å²) in [5, 5.41) is 0. The summed E-state index contributed by atoms with van der Waals surface area (Å²) in [5.74, 6) is 3.94. The smallest absolute Gasteiger partial charge is 0.0231 e. The maximum Gasteiger partial charge on any atom is -0.0231 e. The average Bonchev–Trinajstić information content (AvgIpc) is 2.81. The molecule has 11 heavy (non-hydrogen) atoms. The second-order valence-electron chi connectivity index (χ2n) is 4.35. The van der Waals surface area contributed by atoms with Crippen LogP contribution in [-0.2, 0) is 0 Å². The summed E-state index contributed by atoms with van der Waals surface area (Å²) < 4.78 is 0. The molecule has 0 aromatic heterocycles. The molecule has 2 fully saturated rings. The second-order valence-corrected chi connectivity index (χ2v) is 4.35. The van der Waals surface area contributed by atoms with Gasteiger partial charge >= 0.3 is 0 Å². The fourth-order valence-corrected chi connectivity index (χ4v) is 2.36. The van der Waals surface area contributed by atoms with Crippen molar-refractivity contribution in [3.8, 4) is 0 Å². The van der Waals surface area contributed by atoms with Gasteiger partial charge < -0.3 is 0 Å². The highest BCUT2D eigenvalue weighted by Crippen LogP contribution is 2.52. The van der Waals surface area contributed by atoms with E-state index in [4.69, 9.17) is 0 Å². The Morgan fingerprint density at radius 2 is 1.64 bits per heavy atom. The summed E-state index contributed by atoms with van der Waals surface area (Å²) in [6.07, 6.45) is 8.15. The molecule has 2 aliphatic rings. The van der Waals surface area contributed by atoms with Crippen LogP contribution in [0.4, 0.5) is 0 Å². The predicted octanol–water partition coefficient (Wildman–Crippen LogP) is 3.24. The van der Waals surface area contributed by atoms with Crippen LogP contribution in [0.2, 0.25) is 0 Å². The van der Waals surface area contributed by atoms with E-state index in [0.29, 0.717) is 0 Å². The van der Waals surface area contributed by atoms with Gasteiger partial charge in [0.2, 0.25) is 0 Å². The minimum absolute atomic E-state index is 0.773. The van der Waals surface area contributed by atoms with Crippen molar-refractivity contribution in [2.45, 2.75) is 32.6 Å². The molecule has 0 amide bonds. The summed E-state index contributed by atoms with van der Waals surface area (Å²) in [6, 6.07) is 0. The van der Waals surface area contributed by atoms with Crippen molar-refractivity contribution in [1.29, 1.82) is 0 Å². The lowest BCUT2D eigenvalue weighted by Gasteiger charge is -2.20.